The van der Waals surface area contributed by atoms with Gasteiger partial charge in [-0.1, -0.05) is 12.1 Å². The molecule has 1 aliphatic rings. The lowest BCUT2D eigenvalue weighted by molar-refractivity contribution is -0.137. The molecular formula is C18H17F3N2O. The lowest BCUT2D eigenvalue weighted by Gasteiger charge is -2.28. The van der Waals surface area contributed by atoms with Crippen molar-refractivity contribution in [3.05, 3.63) is 59.7 Å². The molecule has 126 valence electrons. The fraction of sp³-hybridized carbons (Fsp3) is 0.278. The van der Waals surface area contributed by atoms with Gasteiger partial charge in [0, 0.05) is 25.0 Å². The standard InChI is InChI=1S/C18H17F3N2O/c19-18(20,21)15-3-1-2-14(12-15)13-22-16-4-6-17(7-5-16)23-8-10-24-11-9-23/h1-7,12-13H,8-11H2. The molecule has 0 amide bonds. The fourth-order valence-electron chi connectivity index (χ4n) is 2.52. The monoisotopic (exact) mass is 334 g/mol. The summed E-state index contributed by atoms with van der Waals surface area (Å²) in [6, 6.07) is 12.8. The van der Waals surface area contributed by atoms with Gasteiger partial charge in [-0.05, 0) is 42.0 Å². The molecule has 6 heteroatoms. The summed E-state index contributed by atoms with van der Waals surface area (Å²) >= 11 is 0. The maximum absolute atomic E-state index is 12.7. The van der Waals surface area contributed by atoms with Crippen LogP contribution in [0, 0.1) is 0 Å². The highest BCUT2D eigenvalue weighted by molar-refractivity contribution is 5.82. The Morgan fingerprint density at radius 2 is 1.71 bits per heavy atom. The van der Waals surface area contributed by atoms with Crippen molar-refractivity contribution >= 4 is 17.6 Å². The van der Waals surface area contributed by atoms with E-state index in [9.17, 15) is 13.2 Å². The van der Waals surface area contributed by atoms with Crippen LogP contribution in [0.25, 0.3) is 0 Å². The summed E-state index contributed by atoms with van der Waals surface area (Å²) in [6.45, 7) is 3.14. The zero-order valence-electron chi connectivity index (χ0n) is 13.0. The first kappa shape index (κ1) is 16.5. The van der Waals surface area contributed by atoms with E-state index in [1.807, 2.05) is 24.3 Å². The third kappa shape index (κ3) is 4.14. The molecule has 3 nitrogen and oxygen atoms in total. The number of morpholine rings is 1. The van der Waals surface area contributed by atoms with Crippen LogP contribution in [0.3, 0.4) is 0 Å². The van der Waals surface area contributed by atoms with Crippen LogP contribution in [0.4, 0.5) is 24.5 Å². The van der Waals surface area contributed by atoms with Crippen molar-refractivity contribution in [2.24, 2.45) is 4.99 Å². The van der Waals surface area contributed by atoms with Crippen LogP contribution in [-0.4, -0.2) is 32.5 Å². The van der Waals surface area contributed by atoms with Gasteiger partial charge in [0.2, 0.25) is 0 Å². The molecule has 1 aliphatic heterocycles. The van der Waals surface area contributed by atoms with Gasteiger partial charge in [0.1, 0.15) is 0 Å². The molecule has 1 saturated heterocycles. The minimum absolute atomic E-state index is 0.419. The van der Waals surface area contributed by atoms with Crippen molar-refractivity contribution in [2.45, 2.75) is 6.18 Å². The molecule has 0 radical (unpaired) electrons. The summed E-state index contributed by atoms with van der Waals surface area (Å²) in [6.07, 6.45) is -2.90. The topological polar surface area (TPSA) is 24.8 Å². The first-order chi connectivity index (χ1) is 11.5. The van der Waals surface area contributed by atoms with Gasteiger partial charge in [-0.25, -0.2) is 0 Å². The Labute approximate surface area is 138 Å². The molecule has 0 aromatic heterocycles. The summed E-state index contributed by atoms with van der Waals surface area (Å²) < 4.78 is 43.4. The molecule has 2 aromatic carbocycles. The van der Waals surface area contributed by atoms with Crippen LogP contribution < -0.4 is 4.90 Å². The minimum Gasteiger partial charge on any atom is -0.378 e. The summed E-state index contributed by atoms with van der Waals surface area (Å²) in [5, 5.41) is 0. The smallest absolute Gasteiger partial charge is 0.378 e. The summed E-state index contributed by atoms with van der Waals surface area (Å²) in [5.41, 5.74) is 1.54. The summed E-state index contributed by atoms with van der Waals surface area (Å²) in [7, 11) is 0. The first-order valence-electron chi connectivity index (χ1n) is 7.66. The minimum atomic E-state index is -4.34. The van der Waals surface area contributed by atoms with E-state index in [0.717, 1.165) is 44.1 Å². The molecule has 0 aliphatic carbocycles. The number of rotatable bonds is 3. The number of ether oxygens (including phenoxy) is 1. The summed E-state index contributed by atoms with van der Waals surface area (Å²) in [5.74, 6) is 0. The fourth-order valence-corrected chi connectivity index (χ4v) is 2.52. The van der Waals surface area contributed by atoms with E-state index in [4.69, 9.17) is 4.74 Å². The molecule has 24 heavy (non-hydrogen) atoms. The molecule has 0 atom stereocenters. The van der Waals surface area contributed by atoms with Crippen LogP contribution in [0.15, 0.2) is 53.5 Å². The van der Waals surface area contributed by atoms with Crippen LogP contribution in [0.1, 0.15) is 11.1 Å². The van der Waals surface area contributed by atoms with Crippen LogP contribution in [0.2, 0.25) is 0 Å². The van der Waals surface area contributed by atoms with Crippen molar-refractivity contribution in [3.63, 3.8) is 0 Å². The lowest BCUT2D eigenvalue weighted by atomic mass is 10.1. The molecule has 1 fully saturated rings. The molecule has 3 rings (SSSR count). The van der Waals surface area contributed by atoms with E-state index in [0.29, 0.717) is 11.3 Å². The second-order valence-electron chi connectivity index (χ2n) is 5.50. The van der Waals surface area contributed by atoms with Gasteiger partial charge in [0.25, 0.3) is 0 Å². The van der Waals surface area contributed by atoms with Gasteiger partial charge in [0.15, 0.2) is 0 Å². The van der Waals surface area contributed by atoms with Gasteiger partial charge < -0.3 is 9.64 Å². The largest absolute Gasteiger partial charge is 0.416 e. The van der Waals surface area contributed by atoms with Gasteiger partial charge >= 0.3 is 6.18 Å². The maximum Gasteiger partial charge on any atom is 0.416 e. The number of hydrogen-bond acceptors (Lipinski definition) is 3. The number of halogens is 3. The van der Waals surface area contributed by atoms with E-state index >= 15 is 0 Å². The van der Waals surface area contributed by atoms with Crippen LogP contribution >= 0.6 is 0 Å². The van der Waals surface area contributed by atoms with Gasteiger partial charge in [0.05, 0.1) is 24.5 Å². The van der Waals surface area contributed by atoms with Gasteiger partial charge in [-0.2, -0.15) is 13.2 Å². The zero-order valence-corrected chi connectivity index (χ0v) is 13.0. The zero-order chi connectivity index (χ0) is 17.0. The average molecular weight is 334 g/mol. The molecule has 2 aromatic rings. The average Bonchev–Trinajstić information content (AvgIpc) is 2.61. The Hall–Kier alpha value is -2.34. The van der Waals surface area contributed by atoms with Crippen LogP contribution in [0.5, 0.6) is 0 Å². The quantitative estimate of drug-likeness (QED) is 0.782. The number of anilines is 1. The highest BCUT2D eigenvalue weighted by Crippen LogP contribution is 2.29. The number of nitrogens with zero attached hydrogens (tertiary/aromatic N) is 2. The van der Waals surface area contributed by atoms with E-state index in [1.165, 1.54) is 12.3 Å². The molecule has 0 bridgehead atoms. The molecular weight excluding hydrogens is 317 g/mol. The Morgan fingerprint density at radius 1 is 1.00 bits per heavy atom. The summed E-state index contributed by atoms with van der Waals surface area (Å²) in [4.78, 5) is 6.48. The van der Waals surface area contributed by atoms with E-state index < -0.39 is 11.7 Å². The van der Waals surface area contributed by atoms with Crippen molar-refractivity contribution in [1.82, 2.24) is 0 Å². The van der Waals surface area contributed by atoms with E-state index in [2.05, 4.69) is 9.89 Å². The SMILES string of the molecule is FC(F)(F)c1cccc(C=Nc2ccc(N3CCOCC3)cc2)c1. The highest BCUT2D eigenvalue weighted by Gasteiger charge is 2.30. The normalized spacial score (nSPS) is 15.9. The van der Waals surface area contributed by atoms with E-state index in [-0.39, 0.29) is 0 Å². The third-order valence-electron chi connectivity index (χ3n) is 3.80. The first-order valence-corrected chi connectivity index (χ1v) is 7.66. The Balaban J connectivity index is 1.70. The van der Waals surface area contributed by atoms with Crippen molar-refractivity contribution in [3.8, 4) is 0 Å². The molecule has 0 spiro atoms. The number of aliphatic imine (C=N–C) groups is 1. The van der Waals surface area contributed by atoms with Gasteiger partial charge in [-0.15, -0.1) is 0 Å². The van der Waals surface area contributed by atoms with Crippen LogP contribution in [-0.2, 0) is 10.9 Å². The number of alkyl halides is 3. The predicted octanol–water partition coefficient (Wildman–Crippen LogP) is 4.29. The van der Waals surface area contributed by atoms with Crippen molar-refractivity contribution < 1.29 is 17.9 Å². The number of benzene rings is 2. The third-order valence-corrected chi connectivity index (χ3v) is 3.80. The molecule has 0 saturated carbocycles. The van der Waals surface area contributed by atoms with Gasteiger partial charge in [-0.3, -0.25) is 4.99 Å². The Morgan fingerprint density at radius 3 is 2.38 bits per heavy atom. The predicted molar refractivity (Wildman–Crippen MR) is 88.2 cm³/mol. The second kappa shape index (κ2) is 7.05. The second-order valence-corrected chi connectivity index (χ2v) is 5.50. The Bertz CT molecular complexity index is 705. The Kier molecular flexibility index (Phi) is 4.85. The number of hydrogen-bond donors (Lipinski definition) is 0. The van der Waals surface area contributed by atoms with E-state index in [1.54, 1.807) is 6.07 Å². The molecule has 0 unspecified atom stereocenters. The highest BCUT2D eigenvalue weighted by atomic mass is 19.4. The van der Waals surface area contributed by atoms with Crippen molar-refractivity contribution in [2.75, 3.05) is 31.2 Å². The molecule has 1 heterocycles. The lowest BCUT2D eigenvalue weighted by Crippen LogP contribution is -2.36. The maximum atomic E-state index is 12.7. The van der Waals surface area contributed by atoms with Crippen molar-refractivity contribution in [1.29, 1.82) is 0 Å². The molecule has 0 N–H and O–H groups in total.